The zero-order valence-corrected chi connectivity index (χ0v) is 9.29. The van der Waals surface area contributed by atoms with Crippen molar-refractivity contribution in [2.45, 2.75) is 24.7 Å². The molecule has 16 heavy (non-hydrogen) atoms. The average molecular weight is 225 g/mol. The van der Waals surface area contributed by atoms with E-state index >= 15 is 0 Å². The summed E-state index contributed by atoms with van der Waals surface area (Å²) in [5, 5.41) is 9.79. The molecule has 0 unspecified atom stereocenters. The molecule has 88 valence electrons. The number of hydrogen-bond acceptors (Lipinski definition) is 3. The third kappa shape index (κ3) is 1.53. The maximum atomic E-state index is 13.3. The third-order valence-corrected chi connectivity index (χ3v) is 3.54. The van der Waals surface area contributed by atoms with Gasteiger partial charge in [0.25, 0.3) is 0 Å². The molecule has 0 heterocycles. The molecule has 0 saturated heterocycles. The van der Waals surface area contributed by atoms with Crippen molar-refractivity contribution in [1.82, 2.24) is 0 Å². The number of halogens is 1. The van der Waals surface area contributed by atoms with Crippen LogP contribution in [0.2, 0.25) is 0 Å². The highest BCUT2D eigenvalue weighted by atomic mass is 19.1. The predicted molar refractivity (Wildman–Crippen MR) is 59.2 cm³/mol. The van der Waals surface area contributed by atoms with Gasteiger partial charge in [-0.1, -0.05) is 6.42 Å². The van der Waals surface area contributed by atoms with Gasteiger partial charge in [0.2, 0.25) is 0 Å². The van der Waals surface area contributed by atoms with Crippen LogP contribution in [0.1, 0.15) is 24.8 Å². The molecule has 0 radical (unpaired) electrons. The van der Waals surface area contributed by atoms with E-state index in [2.05, 4.69) is 0 Å². The minimum atomic E-state index is -0.546. The van der Waals surface area contributed by atoms with Crippen LogP contribution >= 0.6 is 0 Å². The Labute approximate surface area is 94.0 Å². The van der Waals surface area contributed by atoms with Gasteiger partial charge < -0.3 is 15.6 Å². The van der Waals surface area contributed by atoms with Gasteiger partial charge in [0, 0.05) is 23.6 Å². The maximum absolute atomic E-state index is 13.3. The quantitative estimate of drug-likeness (QED) is 0.826. The molecule has 0 bridgehead atoms. The second-order valence-electron chi connectivity index (χ2n) is 4.34. The molecule has 0 amide bonds. The van der Waals surface area contributed by atoms with Crippen LogP contribution in [0, 0.1) is 5.82 Å². The summed E-state index contributed by atoms with van der Waals surface area (Å²) < 4.78 is 18.3. The first-order valence-corrected chi connectivity index (χ1v) is 5.40. The molecule has 0 spiro atoms. The largest absolute Gasteiger partial charge is 0.508 e. The second-order valence-corrected chi connectivity index (χ2v) is 4.34. The molecule has 4 heteroatoms. The first-order chi connectivity index (χ1) is 7.63. The third-order valence-electron chi connectivity index (χ3n) is 3.54. The van der Waals surface area contributed by atoms with E-state index in [0.717, 1.165) is 25.3 Å². The summed E-state index contributed by atoms with van der Waals surface area (Å²) in [6, 6.07) is 2.67. The summed E-state index contributed by atoms with van der Waals surface area (Å²) in [4.78, 5) is 0. The van der Waals surface area contributed by atoms with Crippen LogP contribution in [0.5, 0.6) is 11.5 Å². The van der Waals surface area contributed by atoms with Crippen molar-refractivity contribution < 1.29 is 14.2 Å². The van der Waals surface area contributed by atoms with Crippen molar-refractivity contribution in [3.05, 3.63) is 23.5 Å². The molecule has 3 N–H and O–H groups in total. The van der Waals surface area contributed by atoms with Gasteiger partial charge in [0.1, 0.15) is 5.75 Å². The molecule has 2 rings (SSSR count). The topological polar surface area (TPSA) is 55.5 Å². The van der Waals surface area contributed by atoms with Gasteiger partial charge in [-0.3, -0.25) is 0 Å². The highest BCUT2D eigenvalue weighted by molar-refractivity contribution is 5.46. The minimum Gasteiger partial charge on any atom is -0.508 e. The van der Waals surface area contributed by atoms with Gasteiger partial charge in [-0.25, -0.2) is 4.39 Å². The van der Waals surface area contributed by atoms with E-state index in [1.165, 1.54) is 7.11 Å². The number of aromatic hydroxyl groups is 1. The summed E-state index contributed by atoms with van der Waals surface area (Å²) in [6.45, 7) is 0.468. The number of phenolic OH excluding ortho intramolecular Hbond substituents is 1. The first-order valence-electron chi connectivity index (χ1n) is 5.40. The molecular weight excluding hydrogens is 209 g/mol. The number of methoxy groups -OCH3 is 1. The van der Waals surface area contributed by atoms with E-state index in [1.54, 1.807) is 6.07 Å². The summed E-state index contributed by atoms with van der Waals surface area (Å²) in [7, 11) is 1.41. The predicted octanol–water partition coefficient (Wildman–Crippen LogP) is 1.92. The van der Waals surface area contributed by atoms with Gasteiger partial charge in [-0.2, -0.15) is 0 Å². The van der Waals surface area contributed by atoms with Crippen LogP contribution in [-0.2, 0) is 5.41 Å². The normalized spacial score (nSPS) is 17.9. The van der Waals surface area contributed by atoms with E-state index in [0.29, 0.717) is 12.1 Å². The van der Waals surface area contributed by atoms with Gasteiger partial charge in [-0.15, -0.1) is 0 Å². The summed E-state index contributed by atoms with van der Waals surface area (Å²) in [5.41, 5.74) is 6.27. The Morgan fingerprint density at radius 2 is 2.19 bits per heavy atom. The highest BCUT2D eigenvalue weighted by Crippen LogP contribution is 2.47. The van der Waals surface area contributed by atoms with Gasteiger partial charge >= 0.3 is 0 Å². The van der Waals surface area contributed by atoms with E-state index in [1.807, 2.05) is 0 Å². The zero-order valence-electron chi connectivity index (χ0n) is 9.29. The molecule has 0 atom stereocenters. The molecular formula is C12H16FNO2. The van der Waals surface area contributed by atoms with Crippen LogP contribution in [0.25, 0.3) is 0 Å². The smallest absolute Gasteiger partial charge is 0.168 e. The van der Waals surface area contributed by atoms with Crippen molar-refractivity contribution in [3.63, 3.8) is 0 Å². The number of nitrogens with two attached hydrogens (primary N) is 1. The van der Waals surface area contributed by atoms with Crippen molar-refractivity contribution >= 4 is 0 Å². The Morgan fingerprint density at radius 1 is 1.50 bits per heavy atom. The van der Waals surface area contributed by atoms with Crippen LogP contribution < -0.4 is 10.5 Å². The molecule has 1 fully saturated rings. The van der Waals surface area contributed by atoms with Gasteiger partial charge in [0.15, 0.2) is 11.6 Å². The SMILES string of the molecule is COc1cc(C2(CN)CCC2)c(O)cc1F. The van der Waals surface area contributed by atoms with E-state index in [-0.39, 0.29) is 16.9 Å². The molecule has 1 aromatic carbocycles. The fourth-order valence-corrected chi connectivity index (χ4v) is 2.31. The number of ether oxygens (including phenoxy) is 1. The summed E-state index contributed by atoms with van der Waals surface area (Å²) >= 11 is 0. The Kier molecular flexibility index (Phi) is 2.76. The van der Waals surface area contributed by atoms with E-state index in [4.69, 9.17) is 10.5 Å². The lowest BCUT2D eigenvalue weighted by Gasteiger charge is -2.41. The van der Waals surface area contributed by atoms with Crippen molar-refractivity contribution in [2.75, 3.05) is 13.7 Å². The first kappa shape index (κ1) is 11.2. The van der Waals surface area contributed by atoms with Gasteiger partial charge in [0.05, 0.1) is 7.11 Å². The average Bonchev–Trinajstić information content (AvgIpc) is 2.20. The summed E-state index contributed by atoms with van der Waals surface area (Å²) in [5.74, 6) is -0.411. The summed E-state index contributed by atoms with van der Waals surface area (Å²) in [6.07, 6.45) is 2.97. The van der Waals surface area contributed by atoms with E-state index < -0.39 is 5.82 Å². The van der Waals surface area contributed by atoms with Crippen molar-refractivity contribution in [1.29, 1.82) is 0 Å². The molecule has 0 aromatic heterocycles. The minimum absolute atomic E-state index is 0.0246. The van der Waals surface area contributed by atoms with Crippen LogP contribution in [-0.4, -0.2) is 18.8 Å². The molecule has 3 nitrogen and oxygen atoms in total. The Morgan fingerprint density at radius 3 is 2.62 bits per heavy atom. The fourth-order valence-electron chi connectivity index (χ4n) is 2.31. The lowest BCUT2D eigenvalue weighted by atomic mass is 9.64. The molecule has 0 aliphatic heterocycles. The van der Waals surface area contributed by atoms with Crippen molar-refractivity contribution in [3.8, 4) is 11.5 Å². The van der Waals surface area contributed by atoms with E-state index in [9.17, 15) is 9.50 Å². The second kappa shape index (κ2) is 3.94. The van der Waals surface area contributed by atoms with Crippen molar-refractivity contribution in [2.24, 2.45) is 5.73 Å². The van der Waals surface area contributed by atoms with Crippen LogP contribution in [0.3, 0.4) is 0 Å². The number of hydrogen-bond donors (Lipinski definition) is 2. The van der Waals surface area contributed by atoms with Crippen LogP contribution in [0.4, 0.5) is 4.39 Å². The monoisotopic (exact) mass is 225 g/mol. The number of benzene rings is 1. The number of phenols is 1. The maximum Gasteiger partial charge on any atom is 0.168 e. The Bertz CT molecular complexity index is 397. The lowest BCUT2D eigenvalue weighted by Crippen LogP contribution is -2.41. The van der Waals surface area contributed by atoms with Crippen LogP contribution in [0.15, 0.2) is 12.1 Å². The molecule has 1 aliphatic rings. The highest BCUT2D eigenvalue weighted by Gasteiger charge is 2.39. The molecule has 1 aromatic rings. The van der Waals surface area contributed by atoms with Gasteiger partial charge in [-0.05, 0) is 18.9 Å². The fraction of sp³-hybridized carbons (Fsp3) is 0.500. The number of rotatable bonds is 3. The zero-order chi connectivity index (χ0) is 11.8. The lowest BCUT2D eigenvalue weighted by molar-refractivity contribution is 0.243. The standard InChI is InChI=1S/C12H16FNO2/c1-16-11-5-8(10(15)6-9(11)13)12(7-14)3-2-4-12/h5-6,15H,2-4,7,14H2,1H3. The Hall–Kier alpha value is -1.29. The molecule has 1 saturated carbocycles. The Balaban J connectivity index is 2.47. The molecule has 1 aliphatic carbocycles.